The lowest BCUT2D eigenvalue weighted by Gasteiger charge is -2.11. The van der Waals surface area contributed by atoms with Crippen LogP contribution in [-0.2, 0) is 0 Å². The molecule has 0 fully saturated rings. The van der Waals surface area contributed by atoms with Gasteiger partial charge in [0.1, 0.15) is 11.6 Å². The Balaban J connectivity index is 2.58. The number of benzene rings is 2. The first kappa shape index (κ1) is 15.3. The highest BCUT2D eigenvalue weighted by atomic mass is 79.9. The summed E-state index contributed by atoms with van der Waals surface area (Å²) in [7, 11) is 0. The number of carbonyl (C=O) groups excluding carboxylic acids is 1. The smallest absolute Gasteiger partial charge is 0.193 e. The first-order valence-corrected chi connectivity index (χ1v) is 7.37. The van der Waals surface area contributed by atoms with Crippen molar-refractivity contribution in [1.82, 2.24) is 0 Å². The summed E-state index contributed by atoms with van der Waals surface area (Å²) in [4.78, 5) is 12.5. The second-order valence-electron chi connectivity index (χ2n) is 4.40. The normalized spacial score (nSPS) is 10.7. The molecule has 1 nitrogen and oxygen atoms in total. The zero-order chi connectivity index (χ0) is 15.0. The van der Waals surface area contributed by atoms with Gasteiger partial charge in [-0.3, -0.25) is 4.79 Å². The first-order valence-electron chi connectivity index (χ1n) is 5.78. The molecule has 0 aliphatic heterocycles. The molecule has 0 saturated carbocycles. The Bertz CT molecular complexity index is 652. The summed E-state index contributed by atoms with van der Waals surface area (Å²) < 4.78 is 27.3. The van der Waals surface area contributed by atoms with Crippen molar-refractivity contribution in [3.8, 4) is 0 Å². The molecular formula is C15H10Br2F2O. The van der Waals surface area contributed by atoms with Crippen molar-refractivity contribution in [3.05, 3.63) is 67.1 Å². The third-order valence-corrected chi connectivity index (χ3v) is 5.11. The second kappa shape index (κ2) is 5.74. The van der Waals surface area contributed by atoms with E-state index in [1.165, 1.54) is 24.3 Å². The summed E-state index contributed by atoms with van der Waals surface area (Å²) >= 11 is 6.24. The fourth-order valence-electron chi connectivity index (χ4n) is 1.94. The van der Waals surface area contributed by atoms with E-state index in [1.807, 2.05) is 0 Å². The van der Waals surface area contributed by atoms with Crippen molar-refractivity contribution in [3.63, 3.8) is 0 Å². The average Bonchev–Trinajstić information content (AvgIpc) is 2.42. The molecule has 0 aliphatic carbocycles. The van der Waals surface area contributed by atoms with Gasteiger partial charge in [-0.1, -0.05) is 0 Å². The second-order valence-corrected chi connectivity index (χ2v) is 5.98. The van der Waals surface area contributed by atoms with E-state index in [9.17, 15) is 13.6 Å². The number of carbonyl (C=O) groups is 1. The number of hydrogen-bond acceptors (Lipinski definition) is 1. The minimum Gasteiger partial charge on any atom is -0.289 e. The fourth-order valence-corrected chi connectivity index (χ4v) is 2.63. The van der Waals surface area contributed by atoms with Crippen LogP contribution in [0.3, 0.4) is 0 Å². The topological polar surface area (TPSA) is 17.1 Å². The lowest BCUT2D eigenvalue weighted by molar-refractivity contribution is 0.103. The van der Waals surface area contributed by atoms with Crippen LogP contribution in [0.2, 0.25) is 0 Å². The molecule has 2 aromatic rings. The van der Waals surface area contributed by atoms with Gasteiger partial charge in [-0.15, -0.1) is 0 Å². The highest BCUT2D eigenvalue weighted by Crippen LogP contribution is 2.28. The molecular weight excluding hydrogens is 394 g/mol. The zero-order valence-corrected chi connectivity index (χ0v) is 13.9. The van der Waals surface area contributed by atoms with Gasteiger partial charge in [0.15, 0.2) is 5.78 Å². The van der Waals surface area contributed by atoms with Crippen LogP contribution in [-0.4, -0.2) is 5.78 Å². The third-order valence-electron chi connectivity index (χ3n) is 3.17. The Hall–Kier alpha value is -1.07. The first-order chi connectivity index (χ1) is 9.34. The summed E-state index contributed by atoms with van der Waals surface area (Å²) in [6.45, 7) is 3.32. The zero-order valence-electron chi connectivity index (χ0n) is 10.7. The van der Waals surface area contributed by atoms with Gasteiger partial charge in [0.2, 0.25) is 0 Å². The Morgan fingerprint density at radius 1 is 0.850 bits per heavy atom. The van der Waals surface area contributed by atoms with Crippen molar-refractivity contribution in [2.24, 2.45) is 0 Å². The molecule has 0 spiro atoms. The largest absolute Gasteiger partial charge is 0.289 e. The Morgan fingerprint density at radius 2 is 1.20 bits per heavy atom. The number of halogens is 4. The maximum atomic E-state index is 13.4. The van der Waals surface area contributed by atoms with Gasteiger partial charge < -0.3 is 0 Å². The monoisotopic (exact) mass is 402 g/mol. The number of hydrogen-bond donors (Lipinski definition) is 0. The van der Waals surface area contributed by atoms with Crippen molar-refractivity contribution in [2.45, 2.75) is 13.8 Å². The van der Waals surface area contributed by atoms with E-state index >= 15 is 0 Å². The molecule has 0 atom stereocenters. The SMILES string of the molecule is Cc1c(C(=O)c2ccc(F)c(Br)c2C)ccc(F)c1Br. The quantitative estimate of drug-likeness (QED) is 0.618. The van der Waals surface area contributed by atoms with E-state index in [4.69, 9.17) is 0 Å². The molecule has 2 rings (SSSR count). The van der Waals surface area contributed by atoms with Gasteiger partial charge >= 0.3 is 0 Å². The Kier molecular flexibility index (Phi) is 4.39. The summed E-state index contributed by atoms with van der Waals surface area (Å²) in [6.07, 6.45) is 0. The van der Waals surface area contributed by atoms with Crippen LogP contribution < -0.4 is 0 Å². The van der Waals surface area contributed by atoms with Crippen molar-refractivity contribution in [2.75, 3.05) is 0 Å². The van der Waals surface area contributed by atoms with Crippen LogP contribution >= 0.6 is 31.9 Å². The minimum atomic E-state index is -0.420. The predicted molar refractivity (Wildman–Crippen MR) is 81.1 cm³/mol. The van der Waals surface area contributed by atoms with Crippen molar-refractivity contribution >= 4 is 37.6 Å². The molecule has 20 heavy (non-hydrogen) atoms. The van der Waals surface area contributed by atoms with Gasteiger partial charge in [0.25, 0.3) is 0 Å². The minimum absolute atomic E-state index is 0.263. The fraction of sp³-hybridized carbons (Fsp3) is 0.133. The van der Waals surface area contributed by atoms with Gasteiger partial charge in [-0.2, -0.15) is 0 Å². The van der Waals surface area contributed by atoms with E-state index in [0.717, 1.165) is 0 Å². The number of rotatable bonds is 2. The lowest BCUT2D eigenvalue weighted by atomic mass is 9.96. The van der Waals surface area contributed by atoms with Gasteiger partial charge in [0.05, 0.1) is 8.95 Å². The summed E-state index contributed by atoms with van der Waals surface area (Å²) in [5.74, 6) is -1.10. The van der Waals surface area contributed by atoms with Gasteiger partial charge in [-0.05, 0) is 81.1 Å². The maximum Gasteiger partial charge on any atom is 0.193 e. The van der Waals surface area contributed by atoms with E-state index in [1.54, 1.807) is 13.8 Å². The maximum absolute atomic E-state index is 13.4. The Morgan fingerprint density at radius 3 is 1.55 bits per heavy atom. The molecule has 2 aromatic carbocycles. The van der Waals surface area contributed by atoms with Gasteiger partial charge in [-0.25, -0.2) is 8.78 Å². The molecule has 0 saturated heterocycles. The standard InChI is InChI=1S/C15H10Br2F2O/c1-7-9(3-5-11(18)13(7)16)15(20)10-4-6-12(19)14(17)8(10)2/h3-6H,1-2H3. The highest BCUT2D eigenvalue weighted by Gasteiger charge is 2.19. The average molecular weight is 404 g/mol. The molecule has 5 heteroatoms. The molecule has 0 N–H and O–H groups in total. The molecule has 0 aliphatic rings. The molecule has 0 unspecified atom stereocenters. The van der Waals surface area contributed by atoms with Gasteiger partial charge in [0, 0.05) is 11.1 Å². The Labute approximate surface area is 132 Å². The van der Waals surface area contributed by atoms with Crippen LogP contribution in [0.1, 0.15) is 27.0 Å². The van der Waals surface area contributed by atoms with Crippen LogP contribution in [0.15, 0.2) is 33.2 Å². The summed E-state index contributed by atoms with van der Waals surface area (Å²) in [5.41, 5.74) is 1.82. The van der Waals surface area contributed by atoms with E-state index in [2.05, 4.69) is 31.9 Å². The van der Waals surface area contributed by atoms with Crippen molar-refractivity contribution < 1.29 is 13.6 Å². The molecule has 0 amide bonds. The number of ketones is 1. The molecule has 104 valence electrons. The van der Waals surface area contributed by atoms with Crippen LogP contribution in [0, 0.1) is 25.5 Å². The van der Waals surface area contributed by atoms with Crippen LogP contribution in [0.25, 0.3) is 0 Å². The third kappa shape index (κ3) is 2.56. The van der Waals surface area contributed by atoms with Crippen molar-refractivity contribution in [1.29, 1.82) is 0 Å². The van der Waals surface area contributed by atoms with E-state index in [-0.39, 0.29) is 14.7 Å². The van der Waals surface area contributed by atoms with Crippen LogP contribution in [0.5, 0.6) is 0 Å². The summed E-state index contributed by atoms with van der Waals surface area (Å²) in [5, 5.41) is 0. The molecule has 0 bridgehead atoms. The molecule has 0 heterocycles. The van der Waals surface area contributed by atoms with E-state index < -0.39 is 11.6 Å². The molecule has 0 radical (unpaired) electrons. The van der Waals surface area contributed by atoms with E-state index in [0.29, 0.717) is 22.3 Å². The lowest BCUT2D eigenvalue weighted by Crippen LogP contribution is -2.07. The highest BCUT2D eigenvalue weighted by molar-refractivity contribution is 9.10. The predicted octanol–water partition coefficient (Wildman–Crippen LogP) is 5.34. The molecule has 0 aromatic heterocycles. The van der Waals surface area contributed by atoms with Crippen LogP contribution in [0.4, 0.5) is 8.78 Å². The summed E-state index contributed by atoms with van der Waals surface area (Å²) in [6, 6.07) is 5.35.